The third-order valence-electron chi connectivity index (χ3n) is 6.14. The molecule has 2 aromatic rings. The number of ketones is 1. The number of aromatic hydroxyl groups is 1. The molecule has 0 radical (unpaired) electrons. The number of hydrogen-bond donors (Lipinski definition) is 2. The summed E-state index contributed by atoms with van der Waals surface area (Å²) in [4.78, 5) is 30.0. The Morgan fingerprint density at radius 3 is 2.53 bits per heavy atom. The van der Waals surface area contributed by atoms with E-state index in [0.717, 1.165) is 19.6 Å². The van der Waals surface area contributed by atoms with Crippen LogP contribution in [0.4, 0.5) is 0 Å². The van der Waals surface area contributed by atoms with Crippen molar-refractivity contribution in [2.45, 2.75) is 19.4 Å². The van der Waals surface area contributed by atoms with Gasteiger partial charge in [-0.3, -0.25) is 14.5 Å². The molecule has 0 bridgehead atoms. The molecule has 2 aliphatic rings. The fourth-order valence-electron chi connectivity index (χ4n) is 4.46. The van der Waals surface area contributed by atoms with Crippen LogP contribution in [0.1, 0.15) is 30.5 Å². The summed E-state index contributed by atoms with van der Waals surface area (Å²) in [5.74, 6) is -0.954. The predicted molar refractivity (Wildman–Crippen MR) is 127 cm³/mol. The number of nitrogens with zero attached hydrogens (tertiary/aromatic N) is 2. The molecule has 2 fully saturated rings. The Hall–Kier alpha value is -3.36. The van der Waals surface area contributed by atoms with Gasteiger partial charge in [0.25, 0.3) is 11.7 Å². The zero-order chi connectivity index (χ0) is 24.1. The molecule has 1 atom stereocenters. The van der Waals surface area contributed by atoms with Crippen molar-refractivity contribution >= 4 is 17.4 Å². The average molecular weight is 467 g/mol. The Bertz CT molecular complexity index is 1060. The van der Waals surface area contributed by atoms with E-state index in [1.165, 1.54) is 17.0 Å². The average Bonchev–Trinajstić information content (AvgIpc) is 3.10. The third kappa shape index (κ3) is 5.08. The number of Topliss-reactive ketones (excluding diaryl/α,β-unsaturated/α-hetero) is 1. The first-order chi connectivity index (χ1) is 16.5. The number of aliphatic hydroxyl groups is 1. The summed E-state index contributed by atoms with van der Waals surface area (Å²) in [7, 11) is 0. The lowest BCUT2D eigenvalue weighted by molar-refractivity contribution is -0.140. The van der Waals surface area contributed by atoms with Gasteiger partial charge in [0, 0.05) is 31.7 Å². The van der Waals surface area contributed by atoms with Crippen molar-refractivity contribution in [2.24, 2.45) is 0 Å². The van der Waals surface area contributed by atoms with Gasteiger partial charge in [0.05, 0.1) is 31.4 Å². The Morgan fingerprint density at radius 1 is 1.09 bits per heavy atom. The van der Waals surface area contributed by atoms with E-state index < -0.39 is 17.7 Å². The first-order valence-corrected chi connectivity index (χ1v) is 11.6. The monoisotopic (exact) mass is 466 g/mol. The normalized spacial score (nSPS) is 20.6. The second kappa shape index (κ2) is 10.7. The minimum Gasteiger partial charge on any atom is -0.508 e. The number of phenolic OH excluding ortho intramolecular Hbond substituents is 1. The largest absolute Gasteiger partial charge is 0.508 e. The number of amides is 1. The molecule has 1 unspecified atom stereocenters. The van der Waals surface area contributed by atoms with E-state index in [-0.39, 0.29) is 17.1 Å². The highest BCUT2D eigenvalue weighted by Crippen LogP contribution is 2.40. The van der Waals surface area contributed by atoms with Crippen LogP contribution in [0.3, 0.4) is 0 Å². The van der Waals surface area contributed by atoms with E-state index in [1.807, 2.05) is 6.92 Å². The number of hydrogen-bond acceptors (Lipinski definition) is 7. The van der Waals surface area contributed by atoms with Crippen LogP contribution >= 0.6 is 0 Å². The summed E-state index contributed by atoms with van der Waals surface area (Å²) in [6.45, 7) is 6.55. The second-order valence-corrected chi connectivity index (χ2v) is 8.35. The molecular weight excluding hydrogens is 436 g/mol. The molecule has 2 N–H and O–H groups in total. The van der Waals surface area contributed by atoms with E-state index in [9.17, 15) is 19.8 Å². The number of morpholine rings is 1. The van der Waals surface area contributed by atoms with Crippen molar-refractivity contribution in [3.05, 3.63) is 65.2 Å². The summed E-state index contributed by atoms with van der Waals surface area (Å²) in [5, 5.41) is 20.9. The van der Waals surface area contributed by atoms with Crippen molar-refractivity contribution in [1.29, 1.82) is 0 Å². The van der Waals surface area contributed by atoms with Crippen LogP contribution in [0, 0.1) is 0 Å². The van der Waals surface area contributed by atoms with Crippen LogP contribution in [0.15, 0.2) is 54.1 Å². The molecule has 180 valence electrons. The van der Waals surface area contributed by atoms with Gasteiger partial charge in [-0.1, -0.05) is 24.3 Å². The Kier molecular flexibility index (Phi) is 7.49. The number of rotatable bonds is 8. The number of phenols is 1. The third-order valence-corrected chi connectivity index (χ3v) is 6.14. The standard InChI is InChI=1S/C26H30N2O6/c1-2-34-21-6-3-5-19(17-21)24(30)22-23(18-7-9-20(29)10-8-18)28(26(32)25(22)31)12-4-11-27-13-15-33-16-14-27/h3,5-10,17,23,29-30H,2,4,11-16H2,1H3/b24-22+. The molecule has 8 heteroatoms. The molecule has 8 nitrogen and oxygen atoms in total. The number of benzene rings is 2. The molecule has 34 heavy (non-hydrogen) atoms. The first kappa shape index (κ1) is 23.8. The van der Waals surface area contributed by atoms with Gasteiger partial charge in [0.2, 0.25) is 0 Å². The number of aliphatic hydroxyl groups excluding tert-OH is 1. The van der Waals surface area contributed by atoms with Crippen LogP contribution in [-0.2, 0) is 14.3 Å². The van der Waals surface area contributed by atoms with Crippen molar-refractivity contribution in [3.8, 4) is 11.5 Å². The number of likely N-dealkylation sites (tertiary alicyclic amines) is 1. The van der Waals surface area contributed by atoms with Gasteiger partial charge >= 0.3 is 0 Å². The summed E-state index contributed by atoms with van der Waals surface area (Å²) < 4.78 is 10.9. The molecule has 1 amide bonds. The van der Waals surface area contributed by atoms with E-state index in [2.05, 4.69) is 4.90 Å². The van der Waals surface area contributed by atoms with Crippen molar-refractivity contribution < 1.29 is 29.3 Å². The van der Waals surface area contributed by atoms with Crippen LogP contribution < -0.4 is 4.74 Å². The molecule has 0 aliphatic carbocycles. The maximum Gasteiger partial charge on any atom is 0.295 e. The highest BCUT2D eigenvalue weighted by atomic mass is 16.5. The lowest BCUT2D eigenvalue weighted by atomic mass is 9.95. The van der Waals surface area contributed by atoms with Crippen LogP contribution in [-0.4, -0.2) is 77.7 Å². The highest BCUT2D eigenvalue weighted by molar-refractivity contribution is 6.46. The zero-order valence-corrected chi connectivity index (χ0v) is 19.3. The Labute approximate surface area is 199 Å². The highest BCUT2D eigenvalue weighted by Gasteiger charge is 2.45. The van der Waals surface area contributed by atoms with Gasteiger partial charge in [-0.05, 0) is 43.2 Å². The lowest BCUT2D eigenvalue weighted by Crippen LogP contribution is -2.38. The van der Waals surface area contributed by atoms with Gasteiger partial charge in [-0.25, -0.2) is 0 Å². The summed E-state index contributed by atoms with van der Waals surface area (Å²) in [6.07, 6.45) is 0.682. The summed E-state index contributed by atoms with van der Waals surface area (Å²) in [6, 6.07) is 12.4. The van der Waals surface area contributed by atoms with E-state index >= 15 is 0 Å². The molecule has 0 saturated carbocycles. The van der Waals surface area contributed by atoms with Crippen molar-refractivity contribution in [2.75, 3.05) is 46.0 Å². The number of ether oxygens (including phenoxy) is 2. The second-order valence-electron chi connectivity index (χ2n) is 8.35. The summed E-state index contributed by atoms with van der Waals surface area (Å²) in [5.41, 5.74) is 1.09. The molecule has 0 aromatic heterocycles. The SMILES string of the molecule is CCOc1cccc(/C(O)=C2\C(=O)C(=O)N(CCCN3CCOCC3)C2c2ccc(O)cc2)c1. The number of carbonyl (C=O) groups excluding carboxylic acids is 2. The van der Waals surface area contributed by atoms with Gasteiger partial charge in [-0.2, -0.15) is 0 Å². The lowest BCUT2D eigenvalue weighted by Gasteiger charge is -2.29. The van der Waals surface area contributed by atoms with Gasteiger partial charge in [0.1, 0.15) is 17.3 Å². The smallest absolute Gasteiger partial charge is 0.295 e. The number of carbonyl (C=O) groups is 2. The van der Waals surface area contributed by atoms with Crippen LogP contribution in [0.2, 0.25) is 0 Å². The van der Waals surface area contributed by atoms with E-state index in [4.69, 9.17) is 9.47 Å². The van der Waals surface area contributed by atoms with E-state index in [0.29, 0.717) is 49.7 Å². The topological polar surface area (TPSA) is 99.5 Å². The van der Waals surface area contributed by atoms with Crippen LogP contribution in [0.25, 0.3) is 5.76 Å². The fraction of sp³-hybridized carbons (Fsp3) is 0.385. The molecule has 2 heterocycles. The minimum absolute atomic E-state index is 0.0377. The first-order valence-electron chi connectivity index (χ1n) is 11.6. The fourth-order valence-corrected chi connectivity index (χ4v) is 4.46. The van der Waals surface area contributed by atoms with Crippen molar-refractivity contribution in [3.63, 3.8) is 0 Å². The Balaban J connectivity index is 1.67. The molecule has 2 aliphatic heterocycles. The molecule has 2 saturated heterocycles. The van der Waals surface area contributed by atoms with Crippen molar-refractivity contribution in [1.82, 2.24) is 9.80 Å². The minimum atomic E-state index is -0.749. The Morgan fingerprint density at radius 2 is 1.82 bits per heavy atom. The summed E-state index contributed by atoms with van der Waals surface area (Å²) >= 11 is 0. The predicted octanol–water partition coefficient (Wildman–Crippen LogP) is 2.93. The van der Waals surface area contributed by atoms with Gasteiger partial charge in [-0.15, -0.1) is 0 Å². The quantitative estimate of drug-likeness (QED) is 0.351. The molecule has 0 spiro atoms. The van der Waals surface area contributed by atoms with E-state index in [1.54, 1.807) is 36.4 Å². The maximum absolute atomic E-state index is 13.1. The molecule has 4 rings (SSSR count). The molecular formula is C26H30N2O6. The van der Waals surface area contributed by atoms with Crippen LogP contribution in [0.5, 0.6) is 11.5 Å². The van der Waals surface area contributed by atoms with Gasteiger partial charge in [0.15, 0.2) is 0 Å². The maximum atomic E-state index is 13.1. The molecule has 2 aromatic carbocycles. The zero-order valence-electron chi connectivity index (χ0n) is 19.3. The van der Waals surface area contributed by atoms with Gasteiger partial charge < -0.3 is 24.6 Å².